The van der Waals surface area contributed by atoms with Gasteiger partial charge in [0.25, 0.3) is 0 Å². The molecule has 8 heteroatoms. The normalized spacial score (nSPS) is 24.9. The Kier molecular flexibility index (Phi) is 11.6. The van der Waals surface area contributed by atoms with Crippen molar-refractivity contribution >= 4 is 8.80 Å². The van der Waals surface area contributed by atoms with Crippen LogP contribution in [0.3, 0.4) is 0 Å². The van der Waals surface area contributed by atoms with E-state index in [-0.39, 0.29) is 5.92 Å². The average molecular weight is 519 g/mol. The van der Waals surface area contributed by atoms with Crippen LogP contribution in [-0.4, -0.2) is 22.5 Å². The lowest BCUT2D eigenvalue weighted by atomic mass is 9.76. The highest BCUT2D eigenvalue weighted by Crippen LogP contribution is 2.41. The van der Waals surface area contributed by atoms with Crippen LogP contribution >= 0.6 is 0 Å². The third-order valence-electron chi connectivity index (χ3n) is 8.09. The van der Waals surface area contributed by atoms with Gasteiger partial charge in [0.15, 0.2) is 11.6 Å². The molecule has 0 atom stereocenters. The first kappa shape index (κ1) is 28.2. The van der Waals surface area contributed by atoms with Crippen LogP contribution in [0.2, 0.25) is 18.1 Å². The summed E-state index contributed by atoms with van der Waals surface area (Å²) in [5, 5.41) is 0. The van der Waals surface area contributed by atoms with Crippen molar-refractivity contribution in [2.24, 2.45) is 11.8 Å². The van der Waals surface area contributed by atoms with Crippen molar-refractivity contribution in [2.45, 2.75) is 94.7 Å². The molecule has 1 aliphatic heterocycles. The van der Waals surface area contributed by atoms with Crippen LogP contribution in [0, 0.1) is 23.5 Å². The molecule has 0 amide bonds. The minimum atomic E-state index is -2.75. The summed E-state index contributed by atoms with van der Waals surface area (Å²) in [6, 6.07) is 4.38. The molecule has 1 heterocycles. The minimum absolute atomic E-state index is 0.0212. The first-order valence-electron chi connectivity index (χ1n) is 13.2. The molecule has 35 heavy (non-hydrogen) atoms. The number of hydrogen-bond acceptors (Lipinski definition) is 2. The Labute approximate surface area is 207 Å². The monoisotopic (exact) mass is 518 g/mol. The van der Waals surface area contributed by atoms with Gasteiger partial charge in [-0.05, 0) is 67.6 Å². The summed E-state index contributed by atoms with van der Waals surface area (Å²) >= 11 is 0. The molecule has 0 aromatic heterocycles. The molecule has 0 spiro atoms. The fourth-order valence-corrected chi connectivity index (χ4v) is 9.58. The molecule has 1 aromatic rings. The van der Waals surface area contributed by atoms with Crippen LogP contribution in [-0.2, 0) is 4.74 Å². The van der Waals surface area contributed by atoms with Gasteiger partial charge in [-0.1, -0.05) is 56.7 Å². The lowest BCUT2D eigenvalue weighted by Gasteiger charge is -2.32. The molecule has 2 nitrogen and oxygen atoms in total. The number of hydrogen-bond donors (Lipinski definition) is 0. The predicted molar refractivity (Wildman–Crippen MR) is 131 cm³/mol. The zero-order valence-electron chi connectivity index (χ0n) is 20.8. The fraction of sp³-hybridized carbons (Fsp3) is 0.704. The largest absolute Gasteiger partial charge is 0.422 e. The molecule has 1 aliphatic carbocycles. The van der Waals surface area contributed by atoms with E-state index in [0.717, 1.165) is 50.3 Å². The van der Waals surface area contributed by atoms with Crippen LogP contribution in [0.25, 0.3) is 0 Å². The van der Waals surface area contributed by atoms with Gasteiger partial charge in [-0.15, -0.1) is 0 Å². The third-order valence-corrected chi connectivity index (χ3v) is 11.6. The van der Waals surface area contributed by atoms with E-state index in [2.05, 4.69) is 4.74 Å². The summed E-state index contributed by atoms with van der Waals surface area (Å²) in [4.78, 5) is 0. The highest BCUT2D eigenvalue weighted by molar-refractivity contribution is 6.58. The van der Waals surface area contributed by atoms with E-state index in [0.29, 0.717) is 11.5 Å². The third kappa shape index (κ3) is 8.88. The average Bonchev–Trinajstić information content (AvgIpc) is 2.85. The lowest BCUT2D eigenvalue weighted by molar-refractivity contribution is 0.192. The summed E-state index contributed by atoms with van der Waals surface area (Å²) < 4.78 is 75.0. The zero-order chi connectivity index (χ0) is 25.2. The van der Waals surface area contributed by atoms with Gasteiger partial charge in [0.1, 0.15) is 0 Å². The molecule has 1 saturated carbocycles. The quantitative estimate of drug-likeness (QED) is 0.119. The summed E-state index contributed by atoms with van der Waals surface area (Å²) in [6.45, 7) is 0.883. The Morgan fingerprint density at radius 3 is 2.03 bits per heavy atom. The highest BCUT2D eigenvalue weighted by atomic mass is 28.3. The van der Waals surface area contributed by atoms with Crippen molar-refractivity contribution in [2.75, 3.05) is 13.7 Å². The van der Waals surface area contributed by atoms with Crippen molar-refractivity contribution in [1.29, 1.82) is 0 Å². The number of ether oxygens (including phenoxy) is 2. The SMILES string of the molecule is COCCCCC[Si@H]1CC[C@H](CCC2CCC(c3cc(F)c(OC(F)=C(F)F)c(F)c3)CC2)CC1. The second-order valence-corrected chi connectivity index (χ2v) is 13.9. The van der Waals surface area contributed by atoms with Gasteiger partial charge >= 0.3 is 12.1 Å². The Hall–Kier alpha value is -1.41. The summed E-state index contributed by atoms with van der Waals surface area (Å²) in [7, 11) is 1.25. The Morgan fingerprint density at radius 1 is 0.857 bits per heavy atom. The van der Waals surface area contributed by atoms with Crippen molar-refractivity contribution < 1.29 is 31.4 Å². The Balaban J connectivity index is 1.37. The van der Waals surface area contributed by atoms with Gasteiger partial charge in [0.05, 0.1) is 0 Å². The molecule has 1 aromatic carbocycles. The molecule has 1 saturated heterocycles. The Morgan fingerprint density at radius 2 is 1.46 bits per heavy atom. The highest BCUT2D eigenvalue weighted by Gasteiger charge is 2.27. The van der Waals surface area contributed by atoms with Crippen molar-refractivity contribution in [3.05, 3.63) is 41.4 Å². The molecule has 198 valence electrons. The van der Waals surface area contributed by atoms with E-state index in [4.69, 9.17) is 4.74 Å². The van der Waals surface area contributed by atoms with Crippen LogP contribution in [0.5, 0.6) is 5.75 Å². The van der Waals surface area contributed by atoms with Gasteiger partial charge in [-0.3, -0.25) is 0 Å². The first-order chi connectivity index (χ1) is 16.9. The molecular weight excluding hydrogens is 479 g/mol. The van der Waals surface area contributed by atoms with Gasteiger partial charge in [-0.2, -0.15) is 13.2 Å². The molecular formula is C27H39F5O2Si. The molecule has 0 N–H and O–H groups in total. The van der Waals surface area contributed by atoms with E-state index in [1.54, 1.807) is 7.11 Å². The lowest BCUT2D eigenvalue weighted by Crippen LogP contribution is -2.22. The van der Waals surface area contributed by atoms with Crippen LogP contribution < -0.4 is 4.74 Å². The van der Waals surface area contributed by atoms with Crippen LogP contribution in [0.4, 0.5) is 22.0 Å². The van der Waals surface area contributed by atoms with Crippen molar-refractivity contribution in [3.8, 4) is 5.75 Å². The maximum absolute atomic E-state index is 14.2. The van der Waals surface area contributed by atoms with Gasteiger partial charge < -0.3 is 9.47 Å². The minimum Gasteiger partial charge on any atom is -0.422 e. The predicted octanol–water partition coefficient (Wildman–Crippen LogP) is 8.89. The van der Waals surface area contributed by atoms with E-state index < -0.39 is 38.3 Å². The van der Waals surface area contributed by atoms with E-state index in [1.165, 1.54) is 63.1 Å². The summed E-state index contributed by atoms with van der Waals surface area (Å²) in [5.74, 6) is -1.90. The van der Waals surface area contributed by atoms with Gasteiger partial charge in [0, 0.05) is 22.5 Å². The van der Waals surface area contributed by atoms with Crippen molar-refractivity contribution in [1.82, 2.24) is 0 Å². The van der Waals surface area contributed by atoms with Gasteiger partial charge in [-0.25, -0.2) is 8.78 Å². The maximum Gasteiger partial charge on any atom is 0.344 e. The standard InChI is InChI=1S/C27H39F5O2Si/c1-33-13-3-2-4-14-35-15-11-20(12-16-35)6-5-19-7-9-21(10-8-19)22-17-23(28)25(24(29)18-22)34-27(32)26(30)31/h17-21,35H,2-16H2,1H3/t19?,20-,21?,35-. The number of methoxy groups -OCH3 is 1. The van der Waals surface area contributed by atoms with Gasteiger partial charge in [0.2, 0.25) is 5.75 Å². The number of halogens is 5. The molecule has 0 unspecified atom stereocenters. The summed E-state index contributed by atoms with van der Waals surface area (Å²) in [6.07, 6.45) is 10.2. The molecule has 2 fully saturated rings. The molecule has 0 bridgehead atoms. The second kappa shape index (κ2) is 14.4. The molecule has 0 radical (unpaired) electrons. The number of rotatable bonds is 12. The fourth-order valence-electron chi connectivity index (χ4n) is 5.96. The van der Waals surface area contributed by atoms with Crippen LogP contribution in [0.15, 0.2) is 24.2 Å². The van der Waals surface area contributed by atoms with Crippen molar-refractivity contribution in [3.63, 3.8) is 0 Å². The number of benzene rings is 1. The molecule has 3 rings (SSSR count). The first-order valence-corrected chi connectivity index (χ1v) is 15.7. The maximum atomic E-state index is 14.2. The van der Waals surface area contributed by atoms with E-state index >= 15 is 0 Å². The summed E-state index contributed by atoms with van der Waals surface area (Å²) in [5.41, 5.74) is 0.487. The van der Waals surface area contributed by atoms with E-state index in [1.807, 2.05) is 0 Å². The van der Waals surface area contributed by atoms with E-state index in [9.17, 15) is 22.0 Å². The number of unbranched alkanes of at least 4 members (excludes halogenated alkanes) is 2. The smallest absolute Gasteiger partial charge is 0.344 e. The van der Waals surface area contributed by atoms with Crippen LogP contribution in [0.1, 0.15) is 82.1 Å². The second-order valence-electron chi connectivity index (χ2n) is 10.5. The molecule has 2 aliphatic rings. The zero-order valence-corrected chi connectivity index (χ0v) is 21.9. The Bertz CT molecular complexity index is 791. The topological polar surface area (TPSA) is 18.5 Å².